The molecule has 7 heteroatoms. The number of rotatable bonds is 3. The van der Waals surface area contributed by atoms with Crippen LogP contribution in [-0.2, 0) is 6.54 Å². The number of aromatic nitrogens is 2. The molecule has 0 aliphatic heterocycles. The molecule has 1 heterocycles. The molecule has 2 aromatic rings. The Labute approximate surface area is 123 Å². The number of halogens is 1. The fourth-order valence-electron chi connectivity index (χ4n) is 1.77. The molecule has 0 atom stereocenters. The van der Waals surface area contributed by atoms with Crippen LogP contribution in [0.15, 0.2) is 22.7 Å². The normalized spacial score (nSPS) is 9.95. The van der Waals surface area contributed by atoms with Gasteiger partial charge >= 0.3 is 0 Å². The van der Waals surface area contributed by atoms with Crippen molar-refractivity contribution in [3.05, 3.63) is 41.0 Å². The molecule has 0 saturated carbocycles. The van der Waals surface area contributed by atoms with Gasteiger partial charge in [-0.3, -0.25) is 4.79 Å². The highest BCUT2D eigenvalue weighted by molar-refractivity contribution is 5.96. The van der Waals surface area contributed by atoms with Gasteiger partial charge in [0.2, 0.25) is 5.89 Å². The zero-order valence-corrected chi connectivity index (χ0v) is 12.4. The summed E-state index contributed by atoms with van der Waals surface area (Å²) in [5, 5.41) is 3.77. The largest absolute Gasteiger partial charge is 0.399 e. The van der Waals surface area contributed by atoms with Crippen molar-refractivity contribution in [2.45, 2.75) is 20.4 Å². The first-order valence-electron chi connectivity index (χ1n) is 5.88. The molecule has 0 bridgehead atoms. The Morgan fingerprint density at radius 1 is 1.40 bits per heavy atom. The van der Waals surface area contributed by atoms with Crippen LogP contribution in [0.25, 0.3) is 0 Å². The molecule has 2 rings (SSSR count). The molecule has 6 nitrogen and oxygen atoms in total. The van der Waals surface area contributed by atoms with E-state index in [1.807, 2.05) is 13.0 Å². The van der Waals surface area contributed by atoms with Gasteiger partial charge in [-0.25, -0.2) is 0 Å². The minimum Gasteiger partial charge on any atom is -0.399 e. The van der Waals surface area contributed by atoms with Crippen LogP contribution in [0.3, 0.4) is 0 Å². The predicted molar refractivity (Wildman–Crippen MR) is 77.7 cm³/mol. The van der Waals surface area contributed by atoms with Crippen LogP contribution in [-0.4, -0.2) is 28.0 Å². The van der Waals surface area contributed by atoms with Crippen LogP contribution < -0.4 is 5.73 Å². The Morgan fingerprint density at radius 3 is 2.70 bits per heavy atom. The molecular formula is C13H17ClN4O2. The Hall–Kier alpha value is -2.08. The van der Waals surface area contributed by atoms with E-state index < -0.39 is 0 Å². The monoisotopic (exact) mass is 296 g/mol. The first kappa shape index (κ1) is 16.0. The van der Waals surface area contributed by atoms with Crippen molar-refractivity contribution in [2.75, 3.05) is 12.8 Å². The molecule has 1 aromatic heterocycles. The van der Waals surface area contributed by atoms with Crippen molar-refractivity contribution in [1.82, 2.24) is 15.0 Å². The van der Waals surface area contributed by atoms with Crippen LogP contribution in [0.1, 0.15) is 27.6 Å². The zero-order chi connectivity index (χ0) is 14.0. The smallest absolute Gasteiger partial charge is 0.254 e. The van der Waals surface area contributed by atoms with Crippen LogP contribution in [0.5, 0.6) is 0 Å². The number of aryl methyl sites for hydroxylation is 2. The van der Waals surface area contributed by atoms with Gasteiger partial charge < -0.3 is 15.2 Å². The van der Waals surface area contributed by atoms with E-state index in [2.05, 4.69) is 10.1 Å². The summed E-state index contributed by atoms with van der Waals surface area (Å²) in [4.78, 5) is 17.9. The molecule has 0 saturated heterocycles. The summed E-state index contributed by atoms with van der Waals surface area (Å²) in [5.41, 5.74) is 7.75. The number of amides is 1. The van der Waals surface area contributed by atoms with Crippen LogP contribution >= 0.6 is 12.4 Å². The minimum absolute atomic E-state index is 0. The molecule has 0 fully saturated rings. The van der Waals surface area contributed by atoms with Gasteiger partial charge in [0, 0.05) is 25.2 Å². The summed E-state index contributed by atoms with van der Waals surface area (Å²) in [6.07, 6.45) is 0. The summed E-state index contributed by atoms with van der Waals surface area (Å²) in [5.74, 6) is 0.846. The molecule has 0 radical (unpaired) electrons. The SMILES string of the molecule is Cc1nc(CN(C)C(=O)c2cc(N)ccc2C)no1.Cl. The molecule has 2 N–H and O–H groups in total. The number of hydrogen-bond acceptors (Lipinski definition) is 5. The first-order valence-corrected chi connectivity index (χ1v) is 5.88. The minimum atomic E-state index is -0.118. The second kappa shape index (κ2) is 6.38. The summed E-state index contributed by atoms with van der Waals surface area (Å²) in [6.45, 7) is 3.88. The summed E-state index contributed by atoms with van der Waals surface area (Å²) in [6, 6.07) is 5.28. The first-order chi connectivity index (χ1) is 8.97. The van der Waals surface area contributed by atoms with Gasteiger partial charge in [-0.2, -0.15) is 4.98 Å². The van der Waals surface area contributed by atoms with Gasteiger partial charge in [0.15, 0.2) is 5.82 Å². The molecule has 1 aromatic carbocycles. The standard InChI is InChI=1S/C13H16N4O2.ClH/c1-8-4-5-10(14)6-11(8)13(18)17(3)7-12-15-9(2)19-16-12;/h4-6H,7,14H2,1-3H3;1H. The maximum absolute atomic E-state index is 12.3. The average Bonchev–Trinajstić information content (AvgIpc) is 2.77. The highest BCUT2D eigenvalue weighted by Crippen LogP contribution is 2.15. The lowest BCUT2D eigenvalue weighted by Crippen LogP contribution is -2.27. The summed E-state index contributed by atoms with van der Waals surface area (Å²) >= 11 is 0. The molecule has 0 aliphatic rings. The highest BCUT2D eigenvalue weighted by Gasteiger charge is 2.16. The van der Waals surface area contributed by atoms with Crippen molar-refractivity contribution in [1.29, 1.82) is 0 Å². The third-order valence-corrected chi connectivity index (χ3v) is 2.79. The summed E-state index contributed by atoms with van der Waals surface area (Å²) in [7, 11) is 1.69. The molecule has 108 valence electrons. The zero-order valence-electron chi connectivity index (χ0n) is 11.6. The Bertz CT molecular complexity index is 612. The second-order valence-electron chi connectivity index (χ2n) is 4.47. The third kappa shape index (κ3) is 3.48. The van der Waals surface area contributed by atoms with Crippen molar-refractivity contribution < 1.29 is 9.32 Å². The number of nitrogen functional groups attached to an aromatic ring is 1. The summed E-state index contributed by atoms with van der Waals surface area (Å²) < 4.78 is 4.87. The predicted octanol–water partition coefficient (Wildman–Crippen LogP) is 1.96. The molecule has 20 heavy (non-hydrogen) atoms. The topological polar surface area (TPSA) is 85.2 Å². The van der Waals surface area contributed by atoms with E-state index in [1.54, 1.807) is 26.1 Å². The van der Waals surface area contributed by atoms with Crippen molar-refractivity contribution in [2.24, 2.45) is 0 Å². The van der Waals surface area contributed by atoms with Crippen LogP contribution in [0, 0.1) is 13.8 Å². The fraction of sp³-hybridized carbons (Fsp3) is 0.308. The van der Waals surface area contributed by atoms with E-state index in [0.29, 0.717) is 29.5 Å². The van der Waals surface area contributed by atoms with E-state index in [0.717, 1.165) is 5.56 Å². The van der Waals surface area contributed by atoms with Gasteiger partial charge in [-0.1, -0.05) is 11.2 Å². The third-order valence-electron chi connectivity index (χ3n) is 2.79. The van der Waals surface area contributed by atoms with Crippen LogP contribution in [0.4, 0.5) is 5.69 Å². The van der Waals surface area contributed by atoms with Crippen molar-refractivity contribution in [3.63, 3.8) is 0 Å². The van der Waals surface area contributed by atoms with Gasteiger partial charge in [-0.15, -0.1) is 12.4 Å². The average molecular weight is 297 g/mol. The van der Waals surface area contributed by atoms with Crippen LogP contribution in [0.2, 0.25) is 0 Å². The highest BCUT2D eigenvalue weighted by atomic mass is 35.5. The number of carbonyl (C=O) groups is 1. The lowest BCUT2D eigenvalue weighted by Gasteiger charge is -2.16. The van der Waals surface area contributed by atoms with E-state index >= 15 is 0 Å². The van der Waals surface area contributed by atoms with E-state index in [-0.39, 0.29) is 18.3 Å². The van der Waals surface area contributed by atoms with E-state index in [9.17, 15) is 4.79 Å². The van der Waals surface area contributed by atoms with Crippen molar-refractivity contribution in [3.8, 4) is 0 Å². The van der Waals surface area contributed by atoms with Gasteiger partial charge in [-0.05, 0) is 24.6 Å². The van der Waals surface area contributed by atoms with Gasteiger partial charge in [0.05, 0.1) is 6.54 Å². The van der Waals surface area contributed by atoms with E-state index in [4.69, 9.17) is 10.3 Å². The Morgan fingerprint density at radius 2 is 2.10 bits per heavy atom. The van der Waals surface area contributed by atoms with E-state index in [1.165, 1.54) is 4.90 Å². The fourth-order valence-corrected chi connectivity index (χ4v) is 1.77. The Balaban J connectivity index is 0.00000200. The lowest BCUT2D eigenvalue weighted by atomic mass is 10.1. The van der Waals surface area contributed by atoms with Gasteiger partial charge in [0.1, 0.15) is 0 Å². The molecule has 1 amide bonds. The van der Waals surface area contributed by atoms with Gasteiger partial charge in [0.25, 0.3) is 5.91 Å². The maximum atomic E-state index is 12.3. The number of nitrogens with zero attached hydrogens (tertiary/aromatic N) is 3. The lowest BCUT2D eigenvalue weighted by molar-refractivity contribution is 0.0780. The number of nitrogens with two attached hydrogens (primary N) is 1. The number of anilines is 1. The molecule has 0 spiro atoms. The maximum Gasteiger partial charge on any atom is 0.254 e. The van der Waals surface area contributed by atoms with Crippen molar-refractivity contribution >= 4 is 24.0 Å². The quantitative estimate of drug-likeness (QED) is 0.875. The molecular weight excluding hydrogens is 280 g/mol. The molecule has 0 unspecified atom stereocenters. The Kier molecular flexibility index (Phi) is 5.10. The molecule has 0 aliphatic carbocycles. The number of carbonyl (C=O) groups excluding carboxylic acids is 1. The second-order valence-corrected chi connectivity index (χ2v) is 4.47. The number of hydrogen-bond donors (Lipinski definition) is 1. The number of benzene rings is 1.